The summed E-state index contributed by atoms with van der Waals surface area (Å²) in [6, 6.07) is 4.53. The van der Waals surface area contributed by atoms with E-state index < -0.39 is 0 Å². The summed E-state index contributed by atoms with van der Waals surface area (Å²) in [4.78, 5) is 6.68. The van der Waals surface area contributed by atoms with Crippen molar-refractivity contribution in [2.24, 2.45) is 0 Å². The number of aliphatic hydroxyl groups is 1. The zero-order valence-electron chi connectivity index (χ0n) is 11.0. The van der Waals surface area contributed by atoms with E-state index in [9.17, 15) is 0 Å². The molecule has 4 heteroatoms. The van der Waals surface area contributed by atoms with Gasteiger partial charge in [-0.1, -0.05) is 6.07 Å². The molecule has 1 aromatic heterocycles. The molecule has 0 aliphatic heterocycles. The van der Waals surface area contributed by atoms with Gasteiger partial charge in [0, 0.05) is 31.9 Å². The Hall–Kier alpha value is -1.13. The average molecular weight is 237 g/mol. The second-order valence-corrected chi connectivity index (χ2v) is 4.42. The Kier molecular flexibility index (Phi) is 5.94. The molecule has 0 bridgehead atoms. The zero-order valence-corrected chi connectivity index (χ0v) is 11.0. The summed E-state index contributed by atoms with van der Waals surface area (Å²) in [5, 5.41) is 12.0. The smallest absolute Gasteiger partial charge is 0.128 e. The first kappa shape index (κ1) is 13.9. The molecule has 0 spiro atoms. The van der Waals surface area contributed by atoms with Crippen LogP contribution in [0, 0.1) is 0 Å². The summed E-state index contributed by atoms with van der Waals surface area (Å²) in [7, 11) is 1.93. The molecule has 1 heterocycles. The third-order valence-electron chi connectivity index (χ3n) is 2.66. The van der Waals surface area contributed by atoms with E-state index >= 15 is 0 Å². The molecule has 0 radical (unpaired) electrons. The number of hydrogen-bond acceptors (Lipinski definition) is 4. The maximum Gasteiger partial charge on any atom is 0.128 e. The van der Waals surface area contributed by atoms with Gasteiger partial charge >= 0.3 is 0 Å². The summed E-state index contributed by atoms with van der Waals surface area (Å²) in [6.45, 7) is 6.18. The van der Waals surface area contributed by atoms with Crippen molar-refractivity contribution in [3.8, 4) is 0 Å². The number of aliphatic hydroxyl groups excluding tert-OH is 1. The normalized spacial score (nSPS) is 10.9. The summed E-state index contributed by atoms with van der Waals surface area (Å²) in [5.74, 6) is 0.980. The Morgan fingerprint density at radius 2 is 2.18 bits per heavy atom. The maximum atomic E-state index is 8.90. The van der Waals surface area contributed by atoms with Gasteiger partial charge in [0.25, 0.3) is 0 Å². The molecule has 0 atom stereocenters. The van der Waals surface area contributed by atoms with Gasteiger partial charge < -0.3 is 15.3 Å². The summed E-state index contributed by atoms with van der Waals surface area (Å²) < 4.78 is 0. The summed E-state index contributed by atoms with van der Waals surface area (Å²) >= 11 is 0. The number of anilines is 1. The van der Waals surface area contributed by atoms with E-state index in [2.05, 4.69) is 35.1 Å². The molecule has 17 heavy (non-hydrogen) atoms. The molecule has 1 aromatic rings. The number of aromatic nitrogens is 1. The van der Waals surface area contributed by atoms with Crippen LogP contribution in [-0.2, 0) is 6.54 Å². The highest BCUT2D eigenvalue weighted by Crippen LogP contribution is 2.14. The standard InChI is InChI=1S/C13H23N3O/c1-11(2)16(7-4-8-17)13-6-5-12(9-14-3)10-15-13/h5-6,10-11,14,17H,4,7-9H2,1-3H3. The Morgan fingerprint density at radius 3 is 2.65 bits per heavy atom. The molecule has 0 saturated heterocycles. The second kappa shape index (κ2) is 7.25. The monoisotopic (exact) mass is 237 g/mol. The molecule has 0 fully saturated rings. The quantitative estimate of drug-likeness (QED) is 0.752. The van der Waals surface area contributed by atoms with E-state index in [1.807, 2.05) is 19.3 Å². The van der Waals surface area contributed by atoms with Gasteiger partial charge in [-0.05, 0) is 38.9 Å². The van der Waals surface area contributed by atoms with Crippen LogP contribution in [0.5, 0.6) is 0 Å². The topological polar surface area (TPSA) is 48.4 Å². The van der Waals surface area contributed by atoms with Crippen LogP contribution >= 0.6 is 0 Å². The lowest BCUT2D eigenvalue weighted by Gasteiger charge is -2.27. The van der Waals surface area contributed by atoms with Crippen LogP contribution in [0.15, 0.2) is 18.3 Å². The van der Waals surface area contributed by atoms with E-state index in [0.717, 1.165) is 25.3 Å². The third-order valence-corrected chi connectivity index (χ3v) is 2.66. The van der Waals surface area contributed by atoms with Crippen molar-refractivity contribution in [3.05, 3.63) is 23.9 Å². The molecule has 0 amide bonds. The van der Waals surface area contributed by atoms with Gasteiger partial charge in [0.2, 0.25) is 0 Å². The molecule has 1 rings (SSSR count). The fourth-order valence-corrected chi connectivity index (χ4v) is 1.77. The van der Waals surface area contributed by atoms with E-state index in [1.165, 1.54) is 5.56 Å². The minimum absolute atomic E-state index is 0.223. The SMILES string of the molecule is CNCc1ccc(N(CCCO)C(C)C)nc1. The number of nitrogens with zero attached hydrogens (tertiary/aromatic N) is 2. The zero-order chi connectivity index (χ0) is 12.7. The molecule has 0 saturated carbocycles. The predicted octanol–water partition coefficient (Wildman–Crippen LogP) is 1.40. The van der Waals surface area contributed by atoms with Gasteiger partial charge in [0.05, 0.1) is 0 Å². The minimum Gasteiger partial charge on any atom is -0.396 e. The molecule has 0 aliphatic rings. The Balaban J connectivity index is 2.72. The van der Waals surface area contributed by atoms with Crippen LogP contribution in [0.1, 0.15) is 25.8 Å². The Labute approximate surface area is 104 Å². The first-order valence-electron chi connectivity index (χ1n) is 6.16. The van der Waals surface area contributed by atoms with Crippen LogP contribution in [0.4, 0.5) is 5.82 Å². The first-order valence-corrected chi connectivity index (χ1v) is 6.16. The lowest BCUT2D eigenvalue weighted by molar-refractivity contribution is 0.288. The first-order chi connectivity index (χ1) is 8.19. The molecule has 2 N–H and O–H groups in total. The van der Waals surface area contributed by atoms with Crippen LogP contribution < -0.4 is 10.2 Å². The van der Waals surface area contributed by atoms with Crippen molar-refractivity contribution >= 4 is 5.82 Å². The molecular formula is C13H23N3O. The Morgan fingerprint density at radius 1 is 1.41 bits per heavy atom. The molecular weight excluding hydrogens is 214 g/mol. The van der Waals surface area contributed by atoms with Gasteiger partial charge in [-0.25, -0.2) is 4.98 Å². The predicted molar refractivity (Wildman–Crippen MR) is 71.2 cm³/mol. The number of rotatable bonds is 7. The van der Waals surface area contributed by atoms with E-state index in [0.29, 0.717) is 6.04 Å². The van der Waals surface area contributed by atoms with Crippen LogP contribution in [0.2, 0.25) is 0 Å². The largest absolute Gasteiger partial charge is 0.396 e. The lowest BCUT2D eigenvalue weighted by atomic mass is 10.2. The Bertz CT molecular complexity index is 311. The summed E-state index contributed by atoms with van der Waals surface area (Å²) in [5.41, 5.74) is 1.18. The molecule has 4 nitrogen and oxygen atoms in total. The van der Waals surface area contributed by atoms with Gasteiger partial charge in [-0.2, -0.15) is 0 Å². The maximum absolute atomic E-state index is 8.90. The second-order valence-electron chi connectivity index (χ2n) is 4.42. The van der Waals surface area contributed by atoms with Crippen molar-refractivity contribution in [3.63, 3.8) is 0 Å². The van der Waals surface area contributed by atoms with Crippen LogP contribution in [0.25, 0.3) is 0 Å². The molecule has 0 aliphatic carbocycles. The third kappa shape index (κ3) is 4.32. The van der Waals surface area contributed by atoms with Crippen molar-refractivity contribution in [1.82, 2.24) is 10.3 Å². The molecule has 96 valence electrons. The highest BCUT2D eigenvalue weighted by Gasteiger charge is 2.10. The van der Waals surface area contributed by atoms with Gasteiger partial charge in [0.1, 0.15) is 5.82 Å². The molecule has 0 unspecified atom stereocenters. The number of pyridine rings is 1. The highest BCUT2D eigenvalue weighted by molar-refractivity contribution is 5.40. The minimum atomic E-state index is 0.223. The fraction of sp³-hybridized carbons (Fsp3) is 0.615. The van der Waals surface area contributed by atoms with Crippen molar-refractivity contribution in [2.75, 3.05) is 25.1 Å². The van der Waals surface area contributed by atoms with E-state index in [-0.39, 0.29) is 6.61 Å². The highest BCUT2D eigenvalue weighted by atomic mass is 16.3. The molecule has 0 aromatic carbocycles. The van der Waals surface area contributed by atoms with Gasteiger partial charge in [-0.3, -0.25) is 0 Å². The fourth-order valence-electron chi connectivity index (χ4n) is 1.77. The van der Waals surface area contributed by atoms with Gasteiger partial charge in [0.15, 0.2) is 0 Å². The van der Waals surface area contributed by atoms with Crippen molar-refractivity contribution in [1.29, 1.82) is 0 Å². The lowest BCUT2D eigenvalue weighted by Crippen LogP contribution is -2.32. The number of hydrogen-bond donors (Lipinski definition) is 2. The summed E-state index contributed by atoms with van der Waals surface area (Å²) in [6.07, 6.45) is 2.68. The average Bonchev–Trinajstić information content (AvgIpc) is 2.31. The van der Waals surface area contributed by atoms with E-state index in [4.69, 9.17) is 5.11 Å². The van der Waals surface area contributed by atoms with Gasteiger partial charge in [-0.15, -0.1) is 0 Å². The number of nitrogens with one attached hydrogen (secondary N) is 1. The van der Waals surface area contributed by atoms with Crippen molar-refractivity contribution in [2.45, 2.75) is 32.9 Å². The van der Waals surface area contributed by atoms with Crippen LogP contribution in [0.3, 0.4) is 0 Å². The van der Waals surface area contributed by atoms with Crippen molar-refractivity contribution < 1.29 is 5.11 Å². The van der Waals surface area contributed by atoms with E-state index in [1.54, 1.807) is 0 Å². The van der Waals surface area contributed by atoms with Crippen LogP contribution in [-0.4, -0.2) is 36.3 Å².